The van der Waals surface area contributed by atoms with E-state index in [2.05, 4.69) is 9.97 Å². The lowest BCUT2D eigenvalue weighted by molar-refractivity contribution is 0.0988. The summed E-state index contributed by atoms with van der Waals surface area (Å²) in [5.41, 5.74) is 2.59. The molecule has 0 bridgehead atoms. The highest BCUT2D eigenvalue weighted by Crippen LogP contribution is 2.27. The Kier molecular flexibility index (Phi) is 4.86. The lowest BCUT2D eigenvalue weighted by Crippen LogP contribution is -2.27. The number of benzene rings is 2. The predicted molar refractivity (Wildman–Crippen MR) is 109 cm³/mol. The van der Waals surface area contributed by atoms with Gasteiger partial charge in [0.05, 0.1) is 36.8 Å². The van der Waals surface area contributed by atoms with Crippen molar-refractivity contribution in [1.82, 2.24) is 14.4 Å². The van der Waals surface area contributed by atoms with Crippen molar-refractivity contribution in [3.63, 3.8) is 0 Å². The summed E-state index contributed by atoms with van der Waals surface area (Å²) >= 11 is 0. The fraction of sp³-hybridized carbons (Fsp3) is 0.0909. The van der Waals surface area contributed by atoms with Gasteiger partial charge in [-0.05, 0) is 36.4 Å². The third-order valence-corrected chi connectivity index (χ3v) is 4.76. The Hall–Kier alpha value is -4.25. The molecule has 0 saturated carbocycles. The highest BCUT2D eigenvalue weighted by atomic mass is 19.1. The van der Waals surface area contributed by atoms with Crippen LogP contribution in [0.15, 0.2) is 61.1 Å². The minimum atomic E-state index is -0.462. The van der Waals surface area contributed by atoms with E-state index < -0.39 is 5.82 Å². The molecule has 0 aliphatic heterocycles. The Labute approximate surface area is 171 Å². The molecule has 0 radical (unpaired) electrons. The first-order chi connectivity index (χ1) is 14.5. The molecule has 4 aromatic rings. The van der Waals surface area contributed by atoms with Crippen molar-refractivity contribution in [3.8, 4) is 23.1 Å². The summed E-state index contributed by atoms with van der Waals surface area (Å²) < 4.78 is 21.2. The van der Waals surface area contributed by atoms with Crippen LogP contribution in [0.25, 0.3) is 16.9 Å². The number of halogens is 1. The van der Waals surface area contributed by atoms with Crippen molar-refractivity contribution >= 4 is 17.2 Å². The van der Waals surface area contributed by atoms with Crippen molar-refractivity contribution < 1.29 is 13.9 Å². The second kappa shape index (κ2) is 7.64. The van der Waals surface area contributed by atoms with Gasteiger partial charge in [0.2, 0.25) is 0 Å². The van der Waals surface area contributed by atoms with Gasteiger partial charge in [0, 0.05) is 30.6 Å². The molecule has 2 heterocycles. The summed E-state index contributed by atoms with van der Waals surface area (Å²) in [7, 11) is 3.09. The molecule has 8 heteroatoms. The van der Waals surface area contributed by atoms with Crippen LogP contribution in [-0.4, -0.2) is 34.4 Å². The molecule has 2 aromatic heterocycles. The summed E-state index contributed by atoms with van der Waals surface area (Å²) in [6.07, 6.45) is 4.52. The molecule has 0 aliphatic carbocycles. The molecule has 0 saturated heterocycles. The van der Waals surface area contributed by atoms with Crippen LogP contribution in [0.4, 0.5) is 10.1 Å². The average Bonchev–Trinajstić information content (AvgIpc) is 3.21. The third-order valence-electron chi connectivity index (χ3n) is 4.76. The van der Waals surface area contributed by atoms with Crippen LogP contribution in [0.1, 0.15) is 16.1 Å². The summed E-state index contributed by atoms with van der Waals surface area (Å²) in [6.45, 7) is 0. The Morgan fingerprint density at radius 3 is 2.60 bits per heavy atom. The number of ether oxygens (including phenoxy) is 1. The zero-order valence-electron chi connectivity index (χ0n) is 16.2. The highest BCUT2D eigenvalue weighted by molar-refractivity contribution is 6.04. The highest BCUT2D eigenvalue weighted by Gasteiger charge is 2.18. The van der Waals surface area contributed by atoms with Crippen LogP contribution < -0.4 is 9.64 Å². The lowest BCUT2D eigenvalue weighted by atomic mass is 10.1. The molecule has 1 amide bonds. The minimum Gasteiger partial charge on any atom is -0.497 e. The topological polar surface area (TPSA) is 83.5 Å². The number of rotatable bonds is 4. The normalized spacial score (nSPS) is 10.6. The molecule has 0 fully saturated rings. The fourth-order valence-corrected chi connectivity index (χ4v) is 3.08. The molecule has 30 heavy (non-hydrogen) atoms. The number of anilines is 1. The van der Waals surface area contributed by atoms with Crippen molar-refractivity contribution in [2.24, 2.45) is 0 Å². The van der Waals surface area contributed by atoms with Gasteiger partial charge in [-0.1, -0.05) is 0 Å². The van der Waals surface area contributed by atoms with Gasteiger partial charge in [0.1, 0.15) is 17.3 Å². The molecular formula is C22H16FN5O2. The van der Waals surface area contributed by atoms with Gasteiger partial charge in [-0.2, -0.15) is 5.26 Å². The van der Waals surface area contributed by atoms with E-state index in [0.717, 1.165) is 0 Å². The molecule has 0 atom stereocenters. The number of nitrogens with zero attached hydrogens (tertiary/aromatic N) is 5. The first kappa shape index (κ1) is 19.1. The standard InChI is InChI=1S/C22H16FN5O2/c1-27(15-5-3-14(10-24)4-6-15)22(29)19-13-28-20(11-26-21(28)12-25-19)17-8-7-16(30-2)9-18(17)23/h3-9,11-13H,1-2H3. The first-order valence-electron chi connectivity index (χ1n) is 8.97. The number of hydrogen-bond acceptors (Lipinski definition) is 5. The fourth-order valence-electron chi connectivity index (χ4n) is 3.08. The predicted octanol–water partition coefficient (Wildman–Crippen LogP) is 3.69. The van der Waals surface area contributed by atoms with Gasteiger partial charge in [-0.3, -0.25) is 9.20 Å². The van der Waals surface area contributed by atoms with Gasteiger partial charge in [-0.15, -0.1) is 0 Å². The van der Waals surface area contributed by atoms with Crippen molar-refractivity contribution in [2.75, 3.05) is 19.1 Å². The van der Waals surface area contributed by atoms with Crippen LogP contribution in [0, 0.1) is 17.1 Å². The number of carbonyl (C=O) groups is 1. The van der Waals surface area contributed by atoms with Crippen LogP contribution in [-0.2, 0) is 0 Å². The minimum absolute atomic E-state index is 0.169. The van der Waals surface area contributed by atoms with Crippen molar-refractivity contribution in [2.45, 2.75) is 0 Å². The zero-order chi connectivity index (χ0) is 21.3. The van der Waals surface area contributed by atoms with E-state index in [1.165, 1.54) is 36.7 Å². The van der Waals surface area contributed by atoms with E-state index in [0.29, 0.717) is 33.9 Å². The molecule has 0 aliphatic rings. The van der Waals surface area contributed by atoms with E-state index in [-0.39, 0.29) is 11.6 Å². The van der Waals surface area contributed by atoms with Crippen molar-refractivity contribution in [1.29, 1.82) is 5.26 Å². The molecule has 0 N–H and O–H groups in total. The maximum absolute atomic E-state index is 14.6. The first-order valence-corrected chi connectivity index (χ1v) is 8.97. The summed E-state index contributed by atoms with van der Waals surface area (Å²) in [5.74, 6) is -0.404. The summed E-state index contributed by atoms with van der Waals surface area (Å²) in [6, 6.07) is 13.2. The Bertz CT molecular complexity index is 1290. The van der Waals surface area contributed by atoms with Crippen LogP contribution in [0.5, 0.6) is 5.75 Å². The molecular weight excluding hydrogens is 385 g/mol. The smallest absolute Gasteiger partial charge is 0.278 e. The Morgan fingerprint density at radius 1 is 1.17 bits per heavy atom. The molecule has 0 spiro atoms. The number of methoxy groups -OCH3 is 1. The van der Waals surface area contributed by atoms with Gasteiger partial charge in [-0.25, -0.2) is 14.4 Å². The second-order valence-corrected chi connectivity index (χ2v) is 6.51. The van der Waals surface area contributed by atoms with Crippen LogP contribution >= 0.6 is 0 Å². The molecule has 148 valence electrons. The largest absolute Gasteiger partial charge is 0.497 e. The third kappa shape index (κ3) is 3.33. The number of aromatic nitrogens is 3. The number of nitriles is 1. The van der Waals surface area contributed by atoms with Crippen LogP contribution in [0.2, 0.25) is 0 Å². The monoisotopic (exact) mass is 401 g/mol. The summed E-state index contributed by atoms with van der Waals surface area (Å²) in [5, 5.41) is 8.92. The molecule has 4 rings (SSSR count). The quantitative estimate of drug-likeness (QED) is 0.521. The van der Waals surface area contributed by atoms with E-state index in [1.54, 1.807) is 47.8 Å². The van der Waals surface area contributed by atoms with Gasteiger partial charge in [0.15, 0.2) is 5.65 Å². The van der Waals surface area contributed by atoms with E-state index in [4.69, 9.17) is 10.00 Å². The van der Waals surface area contributed by atoms with E-state index in [1.807, 2.05) is 6.07 Å². The number of fused-ring (bicyclic) bond motifs is 1. The zero-order valence-corrected chi connectivity index (χ0v) is 16.2. The molecule has 0 unspecified atom stereocenters. The maximum atomic E-state index is 14.6. The van der Waals surface area contributed by atoms with E-state index in [9.17, 15) is 9.18 Å². The number of amides is 1. The Morgan fingerprint density at radius 2 is 1.93 bits per heavy atom. The number of hydrogen-bond donors (Lipinski definition) is 0. The second-order valence-electron chi connectivity index (χ2n) is 6.51. The number of imidazole rings is 1. The van der Waals surface area contributed by atoms with Crippen molar-refractivity contribution in [3.05, 3.63) is 78.1 Å². The van der Waals surface area contributed by atoms with E-state index >= 15 is 0 Å². The number of carbonyl (C=O) groups excluding carboxylic acids is 1. The molecule has 7 nitrogen and oxygen atoms in total. The summed E-state index contributed by atoms with van der Waals surface area (Å²) in [4.78, 5) is 22.8. The van der Waals surface area contributed by atoms with Gasteiger partial charge in [0.25, 0.3) is 5.91 Å². The van der Waals surface area contributed by atoms with Crippen LogP contribution in [0.3, 0.4) is 0 Å². The maximum Gasteiger partial charge on any atom is 0.278 e. The van der Waals surface area contributed by atoms with Gasteiger partial charge >= 0.3 is 0 Å². The SMILES string of the molecule is COc1ccc(-c2cnc3cnc(C(=O)N(C)c4ccc(C#N)cc4)cn23)c(F)c1. The Balaban J connectivity index is 1.71. The lowest BCUT2D eigenvalue weighted by Gasteiger charge is -2.17. The van der Waals surface area contributed by atoms with Gasteiger partial charge < -0.3 is 9.64 Å². The average molecular weight is 401 g/mol. The molecule has 2 aromatic carbocycles.